The molecule has 1 unspecified atom stereocenters. The predicted octanol–water partition coefficient (Wildman–Crippen LogP) is 4.33. The number of benzene rings is 1. The van der Waals surface area contributed by atoms with E-state index >= 15 is 0 Å². The Balaban J connectivity index is 1.50. The molecule has 3 aromatic heterocycles. The minimum Gasteiger partial charge on any atom is -0.391 e. The van der Waals surface area contributed by atoms with Crippen LogP contribution in [0.5, 0.6) is 0 Å². The lowest BCUT2D eigenvalue weighted by molar-refractivity contribution is 0.198. The molecule has 0 saturated carbocycles. The van der Waals surface area contributed by atoms with Crippen LogP contribution < -0.4 is 10.5 Å². The van der Waals surface area contributed by atoms with Crippen LogP contribution in [-0.2, 0) is 13.6 Å². The number of aliphatic hydroxyl groups excluding tert-OH is 1. The summed E-state index contributed by atoms with van der Waals surface area (Å²) in [5, 5.41) is 11.8. The van der Waals surface area contributed by atoms with Crippen molar-refractivity contribution in [1.29, 1.82) is 0 Å². The highest BCUT2D eigenvalue weighted by molar-refractivity contribution is 6.42. The van der Waals surface area contributed by atoms with E-state index in [4.69, 9.17) is 23.2 Å². The summed E-state index contributed by atoms with van der Waals surface area (Å²) >= 11 is 12.1. The van der Waals surface area contributed by atoms with Crippen molar-refractivity contribution >= 4 is 39.9 Å². The maximum absolute atomic E-state index is 12.9. The Morgan fingerprint density at radius 2 is 2.00 bits per heavy atom. The normalized spacial score (nSPS) is 16.2. The molecule has 1 aliphatic heterocycles. The standard InChI is InChI=1S/C24H22Cl2N4O2/c1-28-14-20(19-10-17(11-27-24(19)28)29-7-5-18(31)13-29)16-4-6-30(23(32)9-16)12-15-2-3-21(25)22(26)8-15/h2-4,6,8-11,14,18,31H,5,7,12-13H2,1H3. The van der Waals surface area contributed by atoms with E-state index in [2.05, 4.69) is 16.0 Å². The van der Waals surface area contributed by atoms with Crippen molar-refractivity contribution in [1.82, 2.24) is 14.1 Å². The summed E-state index contributed by atoms with van der Waals surface area (Å²) in [6.07, 6.45) is 6.10. The lowest BCUT2D eigenvalue weighted by Gasteiger charge is -2.17. The van der Waals surface area contributed by atoms with Crippen LogP contribution in [0.4, 0.5) is 5.69 Å². The van der Waals surface area contributed by atoms with Gasteiger partial charge in [-0.15, -0.1) is 0 Å². The first-order valence-electron chi connectivity index (χ1n) is 10.4. The van der Waals surface area contributed by atoms with Crippen LogP contribution in [0, 0.1) is 0 Å². The third-order valence-corrected chi connectivity index (χ3v) is 6.71. The number of aryl methyl sites for hydroxylation is 1. The Bertz CT molecular complexity index is 1380. The fourth-order valence-corrected chi connectivity index (χ4v) is 4.59. The van der Waals surface area contributed by atoms with Gasteiger partial charge in [0.15, 0.2) is 0 Å². The Kier molecular flexibility index (Phi) is 5.45. The first-order chi connectivity index (χ1) is 15.4. The Hall–Kier alpha value is -2.80. The predicted molar refractivity (Wildman–Crippen MR) is 129 cm³/mol. The van der Waals surface area contributed by atoms with Gasteiger partial charge in [0, 0.05) is 49.5 Å². The molecular weight excluding hydrogens is 447 g/mol. The zero-order chi connectivity index (χ0) is 22.4. The average molecular weight is 469 g/mol. The first-order valence-corrected chi connectivity index (χ1v) is 11.2. The highest BCUT2D eigenvalue weighted by atomic mass is 35.5. The number of anilines is 1. The summed E-state index contributed by atoms with van der Waals surface area (Å²) < 4.78 is 3.61. The molecule has 1 fully saturated rings. The number of pyridine rings is 2. The Morgan fingerprint density at radius 1 is 1.16 bits per heavy atom. The van der Waals surface area contributed by atoms with Gasteiger partial charge in [0.1, 0.15) is 5.65 Å². The molecule has 32 heavy (non-hydrogen) atoms. The van der Waals surface area contributed by atoms with E-state index in [1.807, 2.05) is 36.1 Å². The SMILES string of the molecule is Cn1cc(-c2ccn(Cc3ccc(Cl)c(Cl)c3)c(=O)c2)c2cc(N3CCC(O)C3)cnc21. The van der Waals surface area contributed by atoms with E-state index < -0.39 is 0 Å². The molecule has 0 radical (unpaired) electrons. The maximum atomic E-state index is 12.9. The number of nitrogens with zero attached hydrogens (tertiary/aromatic N) is 4. The molecule has 1 aliphatic rings. The van der Waals surface area contributed by atoms with Crippen LogP contribution >= 0.6 is 23.2 Å². The fraction of sp³-hybridized carbons (Fsp3) is 0.250. The van der Waals surface area contributed by atoms with Crippen LogP contribution in [0.2, 0.25) is 10.0 Å². The minimum absolute atomic E-state index is 0.0997. The molecule has 0 aliphatic carbocycles. The van der Waals surface area contributed by atoms with Crippen molar-refractivity contribution in [3.05, 3.63) is 81.0 Å². The van der Waals surface area contributed by atoms with Crippen molar-refractivity contribution in [3.63, 3.8) is 0 Å². The van der Waals surface area contributed by atoms with E-state index in [1.165, 1.54) is 0 Å². The number of hydrogen-bond acceptors (Lipinski definition) is 4. The smallest absolute Gasteiger partial charge is 0.251 e. The second kappa shape index (κ2) is 8.28. The molecule has 0 amide bonds. The summed E-state index contributed by atoms with van der Waals surface area (Å²) in [5.41, 5.74) is 4.43. The quantitative estimate of drug-likeness (QED) is 0.484. The minimum atomic E-state index is -0.302. The number of fused-ring (bicyclic) bond motifs is 1. The van der Waals surface area contributed by atoms with Crippen LogP contribution in [0.1, 0.15) is 12.0 Å². The Morgan fingerprint density at radius 3 is 2.72 bits per heavy atom. The maximum Gasteiger partial charge on any atom is 0.251 e. The molecule has 0 bridgehead atoms. The van der Waals surface area contributed by atoms with Crippen LogP contribution in [-0.4, -0.2) is 38.4 Å². The highest BCUT2D eigenvalue weighted by Gasteiger charge is 2.22. The lowest BCUT2D eigenvalue weighted by Crippen LogP contribution is -2.21. The van der Waals surface area contributed by atoms with Crippen LogP contribution in [0.25, 0.3) is 22.2 Å². The molecule has 6 nitrogen and oxygen atoms in total. The zero-order valence-corrected chi connectivity index (χ0v) is 19.0. The van der Waals surface area contributed by atoms with Gasteiger partial charge in [-0.05, 0) is 41.8 Å². The molecule has 1 atom stereocenters. The zero-order valence-electron chi connectivity index (χ0n) is 17.5. The van der Waals surface area contributed by atoms with E-state index in [0.29, 0.717) is 23.1 Å². The van der Waals surface area contributed by atoms with Crippen molar-refractivity contribution in [2.75, 3.05) is 18.0 Å². The van der Waals surface area contributed by atoms with Crippen molar-refractivity contribution in [2.24, 2.45) is 7.05 Å². The number of rotatable bonds is 4. The van der Waals surface area contributed by atoms with Gasteiger partial charge >= 0.3 is 0 Å². The summed E-state index contributed by atoms with van der Waals surface area (Å²) in [6.45, 7) is 1.83. The molecule has 4 aromatic rings. The van der Waals surface area contributed by atoms with Gasteiger partial charge in [-0.25, -0.2) is 4.98 Å². The van der Waals surface area contributed by atoms with E-state index in [-0.39, 0.29) is 11.7 Å². The summed E-state index contributed by atoms with van der Waals surface area (Å²) in [5.74, 6) is 0. The average Bonchev–Trinajstić information content (AvgIpc) is 3.35. The summed E-state index contributed by atoms with van der Waals surface area (Å²) in [6, 6.07) is 11.1. The number of aliphatic hydroxyl groups is 1. The summed E-state index contributed by atoms with van der Waals surface area (Å²) in [4.78, 5) is 19.7. The van der Waals surface area contributed by atoms with Gasteiger partial charge < -0.3 is 19.1 Å². The third-order valence-electron chi connectivity index (χ3n) is 5.97. The fourth-order valence-electron chi connectivity index (χ4n) is 4.27. The molecule has 4 heterocycles. The topological polar surface area (TPSA) is 63.3 Å². The molecule has 0 spiro atoms. The van der Waals surface area contributed by atoms with Crippen LogP contribution in [0.15, 0.2) is 59.8 Å². The lowest BCUT2D eigenvalue weighted by atomic mass is 10.1. The number of hydrogen-bond donors (Lipinski definition) is 1. The number of halogens is 2. The van der Waals surface area contributed by atoms with Crippen molar-refractivity contribution < 1.29 is 5.11 Å². The van der Waals surface area contributed by atoms with Gasteiger partial charge in [-0.2, -0.15) is 0 Å². The number of aromatic nitrogens is 3. The van der Waals surface area contributed by atoms with Crippen LogP contribution in [0.3, 0.4) is 0 Å². The van der Waals surface area contributed by atoms with Gasteiger partial charge in [0.05, 0.1) is 34.6 Å². The molecule has 5 rings (SSSR count). The first kappa shape index (κ1) is 21.1. The largest absolute Gasteiger partial charge is 0.391 e. The molecule has 1 saturated heterocycles. The molecule has 1 N–H and O–H groups in total. The second-order valence-corrected chi connectivity index (χ2v) is 9.05. The molecular formula is C24H22Cl2N4O2. The second-order valence-electron chi connectivity index (χ2n) is 8.24. The monoisotopic (exact) mass is 468 g/mol. The molecule has 1 aromatic carbocycles. The van der Waals surface area contributed by atoms with Gasteiger partial charge in [-0.1, -0.05) is 29.3 Å². The molecule has 164 valence electrons. The van der Waals surface area contributed by atoms with Gasteiger partial charge in [-0.3, -0.25) is 4.79 Å². The number of β-amino-alcohol motifs (C(OH)–C–C–N with tert-alkyl or cyclic N) is 1. The Labute approximate surface area is 195 Å². The van der Waals surface area contributed by atoms with Crippen molar-refractivity contribution in [2.45, 2.75) is 19.1 Å². The van der Waals surface area contributed by atoms with E-state index in [0.717, 1.165) is 46.4 Å². The van der Waals surface area contributed by atoms with Crippen molar-refractivity contribution in [3.8, 4) is 11.1 Å². The van der Waals surface area contributed by atoms with Gasteiger partial charge in [0.25, 0.3) is 5.56 Å². The van der Waals surface area contributed by atoms with E-state index in [9.17, 15) is 9.90 Å². The third kappa shape index (κ3) is 3.90. The van der Waals surface area contributed by atoms with Gasteiger partial charge in [0.2, 0.25) is 0 Å². The highest BCUT2D eigenvalue weighted by Crippen LogP contribution is 2.32. The van der Waals surface area contributed by atoms with E-state index in [1.54, 1.807) is 29.0 Å². The molecule has 8 heteroatoms. The summed E-state index contributed by atoms with van der Waals surface area (Å²) in [7, 11) is 1.95.